The van der Waals surface area contributed by atoms with E-state index in [2.05, 4.69) is 10.3 Å². The molecule has 0 radical (unpaired) electrons. The first-order chi connectivity index (χ1) is 8.00. The maximum atomic E-state index is 10.8. The molecule has 0 saturated heterocycles. The van der Waals surface area contributed by atoms with E-state index >= 15 is 0 Å². The lowest BCUT2D eigenvalue weighted by Crippen LogP contribution is -2.43. The molecule has 1 rings (SSSR count). The number of hydrogen-bond donors (Lipinski definition) is 2. The number of rotatable bonds is 5. The van der Waals surface area contributed by atoms with Gasteiger partial charge in [0.2, 0.25) is 5.91 Å². The summed E-state index contributed by atoms with van der Waals surface area (Å²) < 4.78 is 5.30. The Morgan fingerprint density at radius 1 is 1.59 bits per heavy atom. The molecule has 6 heteroatoms. The lowest BCUT2D eigenvalue weighted by Gasteiger charge is -2.15. The molecule has 0 aliphatic rings. The molecule has 0 aromatic carbocycles. The molecule has 0 spiro atoms. The molecule has 1 aromatic rings. The maximum Gasteiger partial charge on any atom is 0.329 e. The molecule has 17 heavy (non-hydrogen) atoms. The van der Waals surface area contributed by atoms with E-state index < -0.39 is 17.9 Å². The molecule has 6 nitrogen and oxygen atoms in total. The highest BCUT2D eigenvalue weighted by Gasteiger charge is 2.19. The quantitative estimate of drug-likeness (QED) is 0.773. The molecule has 0 saturated carbocycles. The third-order valence-electron chi connectivity index (χ3n) is 2.04. The van der Waals surface area contributed by atoms with Crippen molar-refractivity contribution in [3.05, 3.63) is 24.0 Å². The minimum absolute atomic E-state index is 0.137. The van der Waals surface area contributed by atoms with E-state index in [1.165, 1.54) is 6.92 Å². The normalized spacial score (nSPS) is 11.6. The van der Waals surface area contributed by atoms with Crippen LogP contribution in [0.15, 0.2) is 18.3 Å². The van der Waals surface area contributed by atoms with E-state index in [9.17, 15) is 9.59 Å². The molecule has 0 bridgehead atoms. The molecule has 2 N–H and O–H groups in total. The number of carbonyl (C=O) groups is 2. The Kier molecular flexibility index (Phi) is 4.45. The predicted octanol–water partition coefficient (Wildman–Crippen LogP) is 0.358. The van der Waals surface area contributed by atoms with Crippen LogP contribution in [0.5, 0.6) is 5.75 Å². The number of hydrogen-bond acceptors (Lipinski definition) is 4. The molecule has 1 amide bonds. The predicted molar refractivity (Wildman–Crippen MR) is 59.7 cm³/mol. The van der Waals surface area contributed by atoms with Gasteiger partial charge in [-0.05, 0) is 19.1 Å². The summed E-state index contributed by atoms with van der Waals surface area (Å²) >= 11 is 0. The standard InChI is InChI=1S/C11H14N2O4/c1-7-10(4-3-5-12-7)17-6-9(11(15)16)13-8(2)14/h3-5,9H,6H2,1-2H3,(H,13,14)(H,15,16). The zero-order valence-electron chi connectivity index (χ0n) is 9.64. The Bertz CT molecular complexity index is 420. The second kappa shape index (κ2) is 5.83. The maximum absolute atomic E-state index is 10.8. The summed E-state index contributed by atoms with van der Waals surface area (Å²) in [4.78, 5) is 25.6. The van der Waals surface area contributed by atoms with Crippen molar-refractivity contribution in [1.82, 2.24) is 10.3 Å². The Balaban J connectivity index is 2.61. The third kappa shape index (κ3) is 4.10. The molecular formula is C11H14N2O4. The topological polar surface area (TPSA) is 88.5 Å². The molecular weight excluding hydrogens is 224 g/mol. The number of carboxylic acids is 1. The van der Waals surface area contributed by atoms with Crippen LogP contribution in [0.3, 0.4) is 0 Å². The Labute approximate surface area is 98.6 Å². The molecule has 0 aliphatic heterocycles. The van der Waals surface area contributed by atoms with E-state index in [4.69, 9.17) is 9.84 Å². The number of carboxylic acid groups (broad SMARTS) is 1. The van der Waals surface area contributed by atoms with Gasteiger partial charge >= 0.3 is 5.97 Å². The van der Waals surface area contributed by atoms with Crippen molar-refractivity contribution in [3.63, 3.8) is 0 Å². The molecule has 0 aliphatic carbocycles. The Morgan fingerprint density at radius 2 is 2.29 bits per heavy atom. The molecule has 1 unspecified atom stereocenters. The van der Waals surface area contributed by atoms with Gasteiger partial charge in [-0.3, -0.25) is 9.78 Å². The average Bonchev–Trinajstić information content (AvgIpc) is 2.25. The van der Waals surface area contributed by atoms with E-state index in [-0.39, 0.29) is 6.61 Å². The van der Waals surface area contributed by atoms with Crippen LogP contribution in [-0.4, -0.2) is 34.6 Å². The van der Waals surface area contributed by atoms with E-state index in [1.807, 2.05) is 0 Å². The largest absolute Gasteiger partial charge is 0.489 e. The number of amides is 1. The number of ether oxygens (including phenoxy) is 1. The van der Waals surface area contributed by atoms with Gasteiger partial charge in [0.1, 0.15) is 12.4 Å². The smallest absolute Gasteiger partial charge is 0.329 e. The number of aliphatic carboxylic acids is 1. The summed E-state index contributed by atoms with van der Waals surface area (Å²) in [5.41, 5.74) is 0.666. The van der Waals surface area contributed by atoms with Crippen LogP contribution < -0.4 is 10.1 Å². The van der Waals surface area contributed by atoms with Crippen molar-refractivity contribution in [1.29, 1.82) is 0 Å². The van der Waals surface area contributed by atoms with Crippen molar-refractivity contribution < 1.29 is 19.4 Å². The van der Waals surface area contributed by atoms with Gasteiger partial charge in [0.25, 0.3) is 0 Å². The van der Waals surface area contributed by atoms with Crippen LogP contribution >= 0.6 is 0 Å². The van der Waals surface area contributed by atoms with Gasteiger partial charge in [0.15, 0.2) is 6.04 Å². The van der Waals surface area contributed by atoms with Gasteiger partial charge in [-0.15, -0.1) is 0 Å². The van der Waals surface area contributed by atoms with Gasteiger partial charge in [-0.25, -0.2) is 4.79 Å². The van der Waals surface area contributed by atoms with Crippen LogP contribution in [0.2, 0.25) is 0 Å². The number of nitrogens with zero attached hydrogens (tertiary/aromatic N) is 1. The van der Waals surface area contributed by atoms with E-state index in [0.717, 1.165) is 0 Å². The van der Waals surface area contributed by atoms with Gasteiger partial charge in [-0.2, -0.15) is 0 Å². The SMILES string of the molecule is CC(=O)NC(COc1cccnc1C)C(=O)O. The molecule has 1 heterocycles. The van der Waals surface area contributed by atoms with Crippen LogP contribution in [0, 0.1) is 6.92 Å². The lowest BCUT2D eigenvalue weighted by atomic mass is 10.3. The van der Waals surface area contributed by atoms with Crippen LogP contribution in [0.25, 0.3) is 0 Å². The van der Waals surface area contributed by atoms with Crippen molar-refractivity contribution in [2.45, 2.75) is 19.9 Å². The fraction of sp³-hybridized carbons (Fsp3) is 0.364. The van der Waals surface area contributed by atoms with Crippen molar-refractivity contribution in [2.24, 2.45) is 0 Å². The zero-order valence-corrected chi connectivity index (χ0v) is 9.64. The van der Waals surface area contributed by atoms with Crippen molar-refractivity contribution >= 4 is 11.9 Å². The van der Waals surface area contributed by atoms with Crippen LogP contribution in [0.1, 0.15) is 12.6 Å². The highest BCUT2D eigenvalue weighted by Crippen LogP contribution is 2.13. The van der Waals surface area contributed by atoms with Crippen LogP contribution in [0.4, 0.5) is 0 Å². The lowest BCUT2D eigenvalue weighted by molar-refractivity contribution is -0.142. The first kappa shape index (κ1) is 13.0. The average molecular weight is 238 g/mol. The first-order valence-corrected chi connectivity index (χ1v) is 5.05. The summed E-state index contributed by atoms with van der Waals surface area (Å²) in [5, 5.41) is 11.1. The Morgan fingerprint density at radius 3 is 2.82 bits per heavy atom. The molecule has 1 aromatic heterocycles. The Hall–Kier alpha value is -2.11. The van der Waals surface area contributed by atoms with Gasteiger partial charge < -0.3 is 15.2 Å². The van der Waals surface area contributed by atoms with Crippen molar-refractivity contribution in [3.8, 4) is 5.75 Å². The minimum atomic E-state index is -1.14. The van der Waals surface area contributed by atoms with Gasteiger partial charge in [0.05, 0.1) is 5.69 Å². The fourth-order valence-corrected chi connectivity index (χ4v) is 1.22. The van der Waals surface area contributed by atoms with Gasteiger partial charge in [0, 0.05) is 13.1 Å². The van der Waals surface area contributed by atoms with Crippen LogP contribution in [-0.2, 0) is 9.59 Å². The summed E-state index contributed by atoms with van der Waals surface area (Å²) in [6.45, 7) is 2.87. The second-order valence-electron chi connectivity index (χ2n) is 3.49. The highest BCUT2D eigenvalue weighted by molar-refractivity contribution is 5.82. The number of carbonyl (C=O) groups excluding carboxylic acids is 1. The second-order valence-corrected chi connectivity index (χ2v) is 3.49. The molecule has 1 atom stereocenters. The number of pyridine rings is 1. The highest BCUT2D eigenvalue weighted by atomic mass is 16.5. The molecule has 92 valence electrons. The summed E-state index contributed by atoms with van der Waals surface area (Å²) in [6.07, 6.45) is 1.62. The van der Waals surface area contributed by atoms with E-state index in [0.29, 0.717) is 11.4 Å². The summed E-state index contributed by atoms with van der Waals surface area (Å²) in [7, 11) is 0. The number of nitrogens with one attached hydrogen (secondary N) is 1. The molecule has 0 fully saturated rings. The third-order valence-corrected chi connectivity index (χ3v) is 2.04. The number of aromatic nitrogens is 1. The van der Waals surface area contributed by atoms with E-state index in [1.54, 1.807) is 25.3 Å². The van der Waals surface area contributed by atoms with Gasteiger partial charge in [-0.1, -0.05) is 0 Å². The summed E-state index contributed by atoms with van der Waals surface area (Å²) in [6, 6.07) is 2.32. The van der Waals surface area contributed by atoms with Crippen molar-refractivity contribution in [2.75, 3.05) is 6.61 Å². The fourth-order valence-electron chi connectivity index (χ4n) is 1.22. The minimum Gasteiger partial charge on any atom is -0.489 e. The number of aryl methyl sites for hydroxylation is 1. The zero-order chi connectivity index (χ0) is 12.8. The first-order valence-electron chi connectivity index (χ1n) is 5.05. The summed E-state index contributed by atoms with van der Waals surface area (Å²) in [5.74, 6) is -1.05. The monoisotopic (exact) mass is 238 g/mol.